The molecule has 0 saturated heterocycles. The van der Waals surface area contributed by atoms with Gasteiger partial charge in [-0.25, -0.2) is 4.57 Å². The van der Waals surface area contributed by atoms with Crippen molar-refractivity contribution in [3.05, 3.63) is 36.5 Å². The second kappa shape index (κ2) is 65.2. The lowest BCUT2D eigenvalue weighted by molar-refractivity contribution is -0.870. The SMILES string of the molecule is CCCCCCCCCCCCCCCCCCC/C=C/CC/C=C/CC/C=C/C(O)C(COP(=O)(O)OCC[N+](C)(C)C)NC(=O)CCCCCCCCCCCCCCCCCCCCCCCCCCCCCCCCCCCC. The Balaban J connectivity index is 4.04. The largest absolute Gasteiger partial charge is 0.472 e. The molecule has 0 fully saturated rings. The van der Waals surface area contributed by atoms with E-state index in [9.17, 15) is 19.4 Å². The number of amides is 1. The summed E-state index contributed by atoms with van der Waals surface area (Å²) >= 11 is 0. The van der Waals surface area contributed by atoms with Crippen LogP contribution in [0.3, 0.4) is 0 Å². The number of phosphoric ester groups is 1. The van der Waals surface area contributed by atoms with Crippen molar-refractivity contribution in [2.24, 2.45) is 0 Å². The second-order valence-corrected chi connectivity index (χ2v) is 28.1. The smallest absolute Gasteiger partial charge is 0.387 e. The van der Waals surface area contributed by atoms with Gasteiger partial charge in [-0.3, -0.25) is 13.8 Å². The molecule has 0 spiro atoms. The van der Waals surface area contributed by atoms with Crippen LogP contribution in [-0.2, 0) is 18.4 Å². The lowest BCUT2D eigenvalue weighted by Gasteiger charge is -2.25. The molecule has 0 bridgehead atoms. The summed E-state index contributed by atoms with van der Waals surface area (Å²) in [6, 6.07) is -0.870. The Hall–Kier alpha value is -1.28. The minimum absolute atomic E-state index is 0.0555. The summed E-state index contributed by atoms with van der Waals surface area (Å²) in [5.41, 5.74) is 0. The zero-order valence-electron chi connectivity index (χ0n) is 56.5. The van der Waals surface area contributed by atoms with Crippen LogP contribution in [0.25, 0.3) is 0 Å². The molecule has 0 saturated carbocycles. The maximum atomic E-state index is 13.1. The third-order valence-corrected chi connectivity index (χ3v) is 18.1. The Kier molecular flexibility index (Phi) is 64.2. The Labute approximate surface area is 518 Å². The molecule has 0 heterocycles. The molecule has 0 radical (unpaired) electrons. The number of nitrogens with one attached hydrogen (secondary N) is 1. The summed E-state index contributed by atoms with van der Waals surface area (Å²) < 4.78 is 23.8. The highest BCUT2D eigenvalue weighted by molar-refractivity contribution is 7.47. The fourth-order valence-electron chi connectivity index (χ4n) is 11.4. The molecule has 0 aromatic rings. The summed E-state index contributed by atoms with van der Waals surface area (Å²) in [4.78, 5) is 23.4. The normalized spacial score (nSPS) is 13.8. The van der Waals surface area contributed by atoms with Gasteiger partial charge >= 0.3 is 7.82 Å². The van der Waals surface area contributed by atoms with Crippen LogP contribution in [0.15, 0.2) is 36.5 Å². The fourth-order valence-corrected chi connectivity index (χ4v) is 12.1. The van der Waals surface area contributed by atoms with Gasteiger partial charge in [0.25, 0.3) is 0 Å². The van der Waals surface area contributed by atoms with Gasteiger partial charge in [0, 0.05) is 6.42 Å². The van der Waals surface area contributed by atoms with Gasteiger partial charge in [0.2, 0.25) is 5.91 Å². The first kappa shape index (κ1) is 81.7. The topological polar surface area (TPSA) is 105 Å². The standard InChI is InChI=1S/C74H145N2O6P/c1-6-8-10-12-14-16-18-20-22-24-26-28-30-32-34-35-36-37-38-39-40-42-44-46-48-50-52-54-56-58-60-62-64-66-68-74(78)75-72(71-82-83(79,80)81-70-69-76(3,4)5)73(77)67-65-63-61-59-57-55-53-51-49-47-45-43-41-33-31-29-27-25-23-21-19-17-15-13-11-9-7-2/h49,51,57,59,65,67,72-73,77H,6-48,50,52-56,58,60-64,66,68-71H2,1-5H3,(H-,75,78,79,80)/p+1/b51-49+,59-57+,67-65+. The Morgan fingerprint density at radius 2 is 0.663 bits per heavy atom. The molecule has 3 unspecified atom stereocenters. The molecular weight excluding hydrogens is 1040 g/mol. The predicted octanol–water partition coefficient (Wildman–Crippen LogP) is 23.6. The third kappa shape index (κ3) is 68.1. The molecule has 9 heteroatoms. The number of rotatable bonds is 69. The first-order chi connectivity index (χ1) is 40.5. The summed E-state index contributed by atoms with van der Waals surface area (Å²) in [6.07, 6.45) is 87.5. The molecule has 3 atom stereocenters. The Bertz CT molecular complexity index is 1450. The number of hydrogen-bond donors (Lipinski definition) is 3. The minimum Gasteiger partial charge on any atom is -0.387 e. The highest BCUT2D eigenvalue weighted by Gasteiger charge is 2.28. The second-order valence-electron chi connectivity index (χ2n) is 26.7. The molecule has 0 aromatic carbocycles. The van der Waals surface area contributed by atoms with Crippen molar-refractivity contribution < 1.29 is 32.9 Å². The molecule has 83 heavy (non-hydrogen) atoms. The lowest BCUT2D eigenvalue weighted by atomic mass is 10.0. The Morgan fingerprint density at radius 3 is 0.964 bits per heavy atom. The van der Waals surface area contributed by atoms with E-state index in [2.05, 4.69) is 43.5 Å². The van der Waals surface area contributed by atoms with E-state index in [4.69, 9.17) is 9.05 Å². The number of unbranched alkanes of at least 4 members (excludes halogenated alkanes) is 52. The van der Waals surface area contributed by atoms with Crippen LogP contribution in [0.2, 0.25) is 0 Å². The van der Waals surface area contributed by atoms with E-state index in [0.29, 0.717) is 17.4 Å². The van der Waals surface area contributed by atoms with E-state index in [1.807, 2.05) is 27.2 Å². The molecule has 0 rings (SSSR count). The van der Waals surface area contributed by atoms with E-state index < -0.39 is 20.0 Å². The van der Waals surface area contributed by atoms with Gasteiger partial charge in [0.1, 0.15) is 13.2 Å². The lowest BCUT2D eigenvalue weighted by Crippen LogP contribution is -2.45. The minimum atomic E-state index is -4.37. The summed E-state index contributed by atoms with van der Waals surface area (Å²) in [5.74, 6) is -0.183. The zero-order chi connectivity index (χ0) is 60.5. The van der Waals surface area contributed by atoms with E-state index in [-0.39, 0.29) is 19.1 Å². The molecule has 0 aliphatic rings. The van der Waals surface area contributed by atoms with Crippen LogP contribution in [0, 0.1) is 0 Å². The number of likely N-dealkylation sites (N-methyl/N-ethyl adjacent to an activating group) is 1. The first-order valence-electron chi connectivity index (χ1n) is 36.9. The highest BCUT2D eigenvalue weighted by atomic mass is 31.2. The van der Waals surface area contributed by atoms with E-state index in [1.54, 1.807) is 6.08 Å². The third-order valence-electron chi connectivity index (χ3n) is 17.1. The molecule has 8 nitrogen and oxygen atoms in total. The van der Waals surface area contributed by atoms with Crippen molar-refractivity contribution >= 4 is 13.7 Å². The van der Waals surface area contributed by atoms with Crippen LogP contribution in [0.4, 0.5) is 0 Å². The number of allylic oxidation sites excluding steroid dienone is 5. The summed E-state index contributed by atoms with van der Waals surface area (Å²) in [6.45, 7) is 4.85. The average Bonchev–Trinajstić information content (AvgIpc) is 3.49. The number of nitrogens with zero attached hydrogens (tertiary/aromatic N) is 1. The molecular formula is C74H146N2O6P+. The van der Waals surface area contributed by atoms with Crippen molar-refractivity contribution in [1.82, 2.24) is 5.32 Å². The highest BCUT2D eigenvalue weighted by Crippen LogP contribution is 2.43. The summed E-state index contributed by atoms with van der Waals surface area (Å²) in [5, 5.41) is 14.0. The van der Waals surface area contributed by atoms with Gasteiger partial charge < -0.3 is 19.8 Å². The van der Waals surface area contributed by atoms with Gasteiger partial charge in [0.15, 0.2) is 0 Å². The van der Waals surface area contributed by atoms with Gasteiger partial charge in [-0.1, -0.05) is 365 Å². The van der Waals surface area contributed by atoms with Crippen LogP contribution < -0.4 is 5.32 Å². The van der Waals surface area contributed by atoms with Crippen molar-refractivity contribution in [1.29, 1.82) is 0 Å². The first-order valence-corrected chi connectivity index (χ1v) is 38.4. The van der Waals surface area contributed by atoms with Gasteiger partial charge in [-0.2, -0.15) is 0 Å². The van der Waals surface area contributed by atoms with Crippen molar-refractivity contribution in [3.8, 4) is 0 Å². The molecule has 0 aromatic heterocycles. The Morgan fingerprint density at radius 1 is 0.398 bits per heavy atom. The number of aliphatic hydroxyl groups excluding tert-OH is 1. The van der Waals surface area contributed by atoms with Gasteiger partial charge in [-0.05, 0) is 44.9 Å². The van der Waals surface area contributed by atoms with E-state index in [1.165, 1.54) is 315 Å². The van der Waals surface area contributed by atoms with Crippen LogP contribution in [-0.4, -0.2) is 73.4 Å². The van der Waals surface area contributed by atoms with Crippen molar-refractivity contribution in [3.63, 3.8) is 0 Å². The molecule has 0 aliphatic carbocycles. The monoisotopic (exact) mass is 1190 g/mol. The molecule has 1 amide bonds. The number of quaternary nitrogens is 1. The van der Waals surface area contributed by atoms with Crippen molar-refractivity contribution in [2.75, 3.05) is 40.9 Å². The van der Waals surface area contributed by atoms with Gasteiger partial charge in [-0.15, -0.1) is 0 Å². The van der Waals surface area contributed by atoms with Gasteiger partial charge in [0.05, 0.1) is 39.9 Å². The fraction of sp³-hybridized carbons (Fsp3) is 0.905. The number of aliphatic hydroxyl groups is 1. The number of phosphoric acid groups is 1. The average molecular weight is 1190 g/mol. The number of carbonyl (C=O) groups is 1. The maximum Gasteiger partial charge on any atom is 0.472 e. The summed E-state index contributed by atoms with van der Waals surface area (Å²) in [7, 11) is 1.56. The van der Waals surface area contributed by atoms with Crippen LogP contribution in [0.1, 0.15) is 380 Å². The zero-order valence-corrected chi connectivity index (χ0v) is 57.4. The molecule has 0 aliphatic heterocycles. The molecule has 3 N–H and O–H groups in total. The van der Waals surface area contributed by atoms with E-state index >= 15 is 0 Å². The molecule has 492 valence electrons. The van der Waals surface area contributed by atoms with E-state index in [0.717, 1.165) is 44.9 Å². The maximum absolute atomic E-state index is 13.1. The number of carbonyl (C=O) groups excluding carboxylic acids is 1. The quantitative estimate of drug-likeness (QED) is 0.0243. The van der Waals surface area contributed by atoms with Crippen molar-refractivity contribution in [2.45, 2.75) is 392 Å². The number of hydrogen-bond acceptors (Lipinski definition) is 5. The van der Waals surface area contributed by atoms with Crippen LogP contribution >= 0.6 is 7.82 Å². The van der Waals surface area contributed by atoms with Crippen LogP contribution in [0.5, 0.6) is 0 Å². The predicted molar refractivity (Wildman–Crippen MR) is 365 cm³/mol.